The molecule has 130 valence electrons. The van der Waals surface area contributed by atoms with Crippen molar-refractivity contribution in [1.29, 1.82) is 0 Å². The summed E-state index contributed by atoms with van der Waals surface area (Å²) in [4.78, 5) is 36.0. The van der Waals surface area contributed by atoms with E-state index in [2.05, 4.69) is 14.8 Å². The number of para-hydroxylation sites is 1. The number of carbonyl (C=O) groups is 3. The number of methoxy groups -OCH3 is 3. The molecule has 0 saturated carbocycles. The quantitative estimate of drug-likeness (QED) is 0.839. The van der Waals surface area contributed by atoms with Gasteiger partial charge in [0.05, 0.1) is 38.0 Å². The Bertz CT molecular complexity index is 781. The van der Waals surface area contributed by atoms with Crippen molar-refractivity contribution in [3.05, 3.63) is 59.2 Å². The van der Waals surface area contributed by atoms with Crippen LogP contribution in [-0.2, 0) is 9.47 Å². The first-order valence-corrected chi connectivity index (χ1v) is 7.26. The van der Waals surface area contributed by atoms with Gasteiger partial charge in [0.2, 0.25) is 0 Å². The van der Waals surface area contributed by atoms with E-state index in [0.29, 0.717) is 11.3 Å². The lowest BCUT2D eigenvalue weighted by atomic mass is 10.1. The summed E-state index contributed by atoms with van der Waals surface area (Å²) in [6.45, 7) is 0. The highest BCUT2D eigenvalue weighted by Crippen LogP contribution is 2.21. The highest BCUT2D eigenvalue weighted by atomic mass is 16.5. The fourth-order valence-electron chi connectivity index (χ4n) is 2.20. The number of amides is 1. The third kappa shape index (κ3) is 4.14. The topological polar surface area (TPSA) is 90.9 Å². The SMILES string of the molecule is COC(=O)c1cc(NC(=O)c2ccccc2OC)cc(C(=O)OC)c1. The Morgan fingerprint density at radius 1 is 0.840 bits per heavy atom. The average Bonchev–Trinajstić information content (AvgIpc) is 2.66. The van der Waals surface area contributed by atoms with Gasteiger partial charge >= 0.3 is 11.9 Å². The predicted octanol–water partition coefficient (Wildman–Crippen LogP) is 2.52. The molecule has 0 aliphatic rings. The maximum atomic E-state index is 12.5. The molecule has 7 heteroatoms. The zero-order valence-electron chi connectivity index (χ0n) is 14.0. The zero-order valence-corrected chi connectivity index (χ0v) is 14.0. The molecule has 0 heterocycles. The van der Waals surface area contributed by atoms with Crippen molar-refractivity contribution in [2.24, 2.45) is 0 Å². The molecule has 0 radical (unpaired) electrons. The van der Waals surface area contributed by atoms with E-state index < -0.39 is 17.8 Å². The third-order valence-corrected chi connectivity index (χ3v) is 3.38. The van der Waals surface area contributed by atoms with Crippen LogP contribution in [0.25, 0.3) is 0 Å². The van der Waals surface area contributed by atoms with Gasteiger partial charge in [-0.2, -0.15) is 0 Å². The maximum absolute atomic E-state index is 12.5. The van der Waals surface area contributed by atoms with E-state index in [-0.39, 0.29) is 16.8 Å². The molecule has 25 heavy (non-hydrogen) atoms. The van der Waals surface area contributed by atoms with Crippen molar-refractivity contribution in [2.45, 2.75) is 0 Å². The normalized spacial score (nSPS) is 9.88. The lowest BCUT2D eigenvalue weighted by molar-refractivity contribution is 0.0599. The molecule has 1 N–H and O–H groups in total. The molecule has 2 rings (SSSR count). The van der Waals surface area contributed by atoms with E-state index in [4.69, 9.17) is 4.74 Å². The fourth-order valence-corrected chi connectivity index (χ4v) is 2.20. The summed E-state index contributed by atoms with van der Waals surface area (Å²) in [7, 11) is 3.90. The number of benzene rings is 2. The fraction of sp³-hybridized carbons (Fsp3) is 0.167. The van der Waals surface area contributed by atoms with Gasteiger partial charge in [0.1, 0.15) is 5.75 Å². The molecule has 2 aromatic rings. The smallest absolute Gasteiger partial charge is 0.337 e. The van der Waals surface area contributed by atoms with Gasteiger partial charge in [0.25, 0.3) is 5.91 Å². The Hall–Kier alpha value is -3.35. The lowest BCUT2D eigenvalue weighted by Gasteiger charge is -2.11. The highest BCUT2D eigenvalue weighted by molar-refractivity contribution is 6.07. The van der Waals surface area contributed by atoms with Gasteiger partial charge in [-0.1, -0.05) is 12.1 Å². The second kappa shape index (κ2) is 7.96. The molecule has 0 saturated heterocycles. The lowest BCUT2D eigenvalue weighted by Crippen LogP contribution is -2.15. The molecule has 0 aliphatic carbocycles. The van der Waals surface area contributed by atoms with E-state index in [9.17, 15) is 14.4 Å². The summed E-state index contributed by atoms with van der Waals surface area (Å²) < 4.78 is 14.5. The molecule has 0 aromatic heterocycles. The minimum atomic E-state index is -0.640. The maximum Gasteiger partial charge on any atom is 0.337 e. The zero-order chi connectivity index (χ0) is 18.4. The Labute approximate surface area is 144 Å². The van der Waals surface area contributed by atoms with Gasteiger partial charge in [-0.15, -0.1) is 0 Å². The number of rotatable bonds is 5. The van der Waals surface area contributed by atoms with Crippen molar-refractivity contribution in [2.75, 3.05) is 26.6 Å². The number of carbonyl (C=O) groups excluding carboxylic acids is 3. The molecular formula is C18H17NO6. The first-order valence-electron chi connectivity index (χ1n) is 7.26. The minimum absolute atomic E-state index is 0.112. The summed E-state index contributed by atoms with van der Waals surface area (Å²) in [5, 5.41) is 2.64. The standard InChI is InChI=1S/C18H17NO6/c1-23-15-7-5-4-6-14(15)16(20)19-13-9-11(17(21)24-2)8-12(10-13)18(22)25-3/h4-10H,1-3H3,(H,19,20). The van der Waals surface area contributed by atoms with Gasteiger partial charge in [0, 0.05) is 5.69 Å². The van der Waals surface area contributed by atoms with Gasteiger partial charge < -0.3 is 19.5 Å². The van der Waals surface area contributed by atoms with Gasteiger partial charge in [-0.25, -0.2) is 9.59 Å². The number of ether oxygens (including phenoxy) is 3. The Morgan fingerprint density at radius 2 is 1.40 bits per heavy atom. The van der Waals surface area contributed by atoms with Crippen LogP contribution in [0.4, 0.5) is 5.69 Å². The second-order valence-electron chi connectivity index (χ2n) is 4.94. The molecule has 0 aliphatic heterocycles. The Morgan fingerprint density at radius 3 is 1.92 bits per heavy atom. The molecule has 0 unspecified atom stereocenters. The summed E-state index contributed by atoms with van der Waals surface area (Å²) in [6, 6.07) is 10.8. The van der Waals surface area contributed by atoms with Gasteiger partial charge in [-0.3, -0.25) is 4.79 Å². The first-order chi connectivity index (χ1) is 12.0. The Kier molecular flexibility index (Phi) is 5.73. The number of nitrogens with one attached hydrogen (secondary N) is 1. The second-order valence-corrected chi connectivity index (χ2v) is 4.94. The molecule has 0 bridgehead atoms. The molecule has 7 nitrogen and oxygen atoms in total. The summed E-state index contributed by atoms with van der Waals surface area (Å²) in [5.74, 6) is -1.33. The number of hydrogen-bond donors (Lipinski definition) is 1. The van der Waals surface area contributed by atoms with Crippen LogP contribution in [0.3, 0.4) is 0 Å². The van der Waals surface area contributed by atoms with E-state index in [1.807, 2.05) is 0 Å². The minimum Gasteiger partial charge on any atom is -0.496 e. The molecule has 0 spiro atoms. The van der Waals surface area contributed by atoms with E-state index in [1.165, 1.54) is 39.5 Å². The van der Waals surface area contributed by atoms with Crippen molar-refractivity contribution < 1.29 is 28.6 Å². The largest absolute Gasteiger partial charge is 0.496 e. The van der Waals surface area contributed by atoms with E-state index in [0.717, 1.165) is 0 Å². The number of esters is 2. The average molecular weight is 343 g/mol. The summed E-state index contributed by atoms with van der Waals surface area (Å²) in [6.07, 6.45) is 0. The predicted molar refractivity (Wildman–Crippen MR) is 90.1 cm³/mol. The highest BCUT2D eigenvalue weighted by Gasteiger charge is 2.17. The molecule has 1 amide bonds. The molecule has 0 fully saturated rings. The van der Waals surface area contributed by atoms with Crippen molar-refractivity contribution >= 4 is 23.5 Å². The van der Waals surface area contributed by atoms with Crippen LogP contribution >= 0.6 is 0 Å². The van der Waals surface area contributed by atoms with Crippen molar-refractivity contribution in [1.82, 2.24) is 0 Å². The molecule has 0 atom stereocenters. The van der Waals surface area contributed by atoms with Crippen LogP contribution < -0.4 is 10.1 Å². The van der Waals surface area contributed by atoms with Crippen LogP contribution in [0, 0.1) is 0 Å². The third-order valence-electron chi connectivity index (χ3n) is 3.38. The van der Waals surface area contributed by atoms with Crippen LogP contribution in [0.15, 0.2) is 42.5 Å². The monoisotopic (exact) mass is 343 g/mol. The van der Waals surface area contributed by atoms with Gasteiger partial charge in [0.15, 0.2) is 0 Å². The Balaban J connectivity index is 2.39. The van der Waals surface area contributed by atoms with Crippen LogP contribution in [0.5, 0.6) is 5.75 Å². The van der Waals surface area contributed by atoms with Crippen LogP contribution in [0.1, 0.15) is 31.1 Å². The van der Waals surface area contributed by atoms with E-state index >= 15 is 0 Å². The number of hydrogen-bond acceptors (Lipinski definition) is 6. The molecular weight excluding hydrogens is 326 g/mol. The van der Waals surface area contributed by atoms with Gasteiger partial charge in [-0.05, 0) is 30.3 Å². The van der Waals surface area contributed by atoms with Crippen LogP contribution in [0.2, 0.25) is 0 Å². The first kappa shape index (κ1) is 18.0. The number of anilines is 1. The molecule has 2 aromatic carbocycles. The van der Waals surface area contributed by atoms with Crippen molar-refractivity contribution in [3.63, 3.8) is 0 Å². The summed E-state index contributed by atoms with van der Waals surface area (Å²) in [5.41, 5.74) is 0.786. The van der Waals surface area contributed by atoms with E-state index in [1.54, 1.807) is 24.3 Å². The van der Waals surface area contributed by atoms with Crippen LogP contribution in [-0.4, -0.2) is 39.2 Å². The summed E-state index contributed by atoms with van der Waals surface area (Å²) >= 11 is 0. The van der Waals surface area contributed by atoms with Crippen molar-refractivity contribution in [3.8, 4) is 5.75 Å².